The van der Waals surface area contributed by atoms with E-state index in [0.29, 0.717) is 22.5 Å². The fraction of sp³-hybridized carbons (Fsp3) is 0.0870. The van der Waals surface area contributed by atoms with Crippen LogP contribution in [0.25, 0.3) is 0 Å². The predicted molar refractivity (Wildman–Crippen MR) is 113 cm³/mol. The molecular weight excluding hydrogens is 382 g/mol. The zero-order valence-electron chi connectivity index (χ0n) is 16.4. The minimum absolute atomic E-state index is 0.0656. The Morgan fingerprint density at radius 2 is 0.967 bits per heavy atom. The molecule has 0 saturated carbocycles. The molecule has 2 aromatic carbocycles. The molecular formula is C23H19N3O4. The molecule has 1 heterocycles. The number of hydrogen-bond donors (Lipinski definition) is 2. The zero-order valence-corrected chi connectivity index (χ0v) is 16.4. The molecule has 7 nitrogen and oxygen atoms in total. The van der Waals surface area contributed by atoms with E-state index in [2.05, 4.69) is 15.6 Å². The Morgan fingerprint density at radius 1 is 0.600 bits per heavy atom. The summed E-state index contributed by atoms with van der Waals surface area (Å²) in [6.07, 6.45) is 0. The molecule has 2 N–H and O–H groups in total. The van der Waals surface area contributed by atoms with Crippen molar-refractivity contribution in [3.8, 4) is 0 Å². The van der Waals surface area contributed by atoms with Crippen molar-refractivity contribution in [2.75, 3.05) is 10.6 Å². The lowest BCUT2D eigenvalue weighted by molar-refractivity contribution is 0.100. The van der Waals surface area contributed by atoms with Gasteiger partial charge >= 0.3 is 0 Å². The van der Waals surface area contributed by atoms with Gasteiger partial charge in [-0.05, 0) is 74.5 Å². The van der Waals surface area contributed by atoms with Crippen LogP contribution in [0.15, 0.2) is 66.7 Å². The predicted octanol–water partition coefficient (Wildman–Crippen LogP) is 3.99. The van der Waals surface area contributed by atoms with Crippen molar-refractivity contribution in [1.29, 1.82) is 0 Å². The Bertz CT molecular complexity index is 1030. The third-order valence-corrected chi connectivity index (χ3v) is 4.31. The van der Waals surface area contributed by atoms with E-state index in [9.17, 15) is 19.2 Å². The molecule has 1 aromatic heterocycles. The van der Waals surface area contributed by atoms with Gasteiger partial charge in [0.1, 0.15) is 11.4 Å². The maximum atomic E-state index is 12.5. The Kier molecular flexibility index (Phi) is 6.12. The first kappa shape index (κ1) is 20.6. The molecule has 3 rings (SSSR count). The van der Waals surface area contributed by atoms with Crippen molar-refractivity contribution in [3.63, 3.8) is 0 Å². The van der Waals surface area contributed by atoms with Crippen molar-refractivity contribution in [3.05, 3.63) is 89.2 Å². The second-order valence-corrected chi connectivity index (χ2v) is 6.58. The van der Waals surface area contributed by atoms with E-state index < -0.39 is 11.8 Å². The maximum Gasteiger partial charge on any atom is 0.274 e. The van der Waals surface area contributed by atoms with Crippen LogP contribution in [0.2, 0.25) is 0 Å². The molecule has 0 aliphatic heterocycles. The average molecular weight is 401 g/mol. The van der Waals surface area contributed by atoms with E-state index in [1.165, 1.54) is 26.0 Å². The van der Waals surface area contributed by atoms with Crippen LogP contribution < -0.4 is 10.6 Å². The molecule has 2 amide bonds. The van der Waals surface area contributed by atoms with Gasteiger partial charge in [-0.15, -0.1) is 0 Å². The molecule has 30 heavy (non-hydrogen) atoms. The van der Waals surface area contributed by atoms with Gasteiger partial charge in [0.25, 0.3) is 11.8 Å². The maximum absolute atomic E-state index is 12.5. The highest BCUT2D eigenvalue weighted by atomic mass is 16.2. The molecule has 0 bridgehead atoms. The van der Waals surface area contributed by atoms with Gasteiger partial charge in [0.2, 0.25) is 0 Å². The summed E-state index contributed by atoms with van der Waals surface area (Å²) in [6.45, 7) is 2.93. The molecule has 0 aliphatic carbocycles. The molecule has 0 spiro atoms. The number of rotatable bonds is 6. The number of nitrogens with one attached hydrogen (secondary N) is 2. The first-order valence-electron chi connectivity index (χ1n) is 9.15. The summed E-state index contributed by atoms with van der Waals surface area (Å²) in [4.78, 5) is 51.7. The Morgan fingerprint density at radius 3 is 1.30 bits per heavy atom. The van der Waals surface area contributed by atoms with Crippen molar-refractivity contribution in [1.82, 2.24) is 4.98 Å². The first-order valence-corrected chi connectivity index (χ1v) is 9.15. The lowest BCUT2D eigenvalue weighted by Crippen LogP contribution is -2.18. The smallest absolute Gasteiger partial charge is 0.274 e. The van der Waals surface area contributed by atoms with Crippen LogP contribution in [0.1, 0.15) is 55.5 Å². The topological polar surface area (TPSA) is 105 Å². The van der Waals surface area contributed by atoms with Gasteiger partial charge < -0.3 is 10.6 Å². The van der Waals surface area contributed by atoms with Gasteiger partial charge in [-0.2, -0.15) is 0 Å². The van der Waals surface area contributed by atoms with Crippen LogP contribution in [0.5, 0.6) is 0 Å². The van der Waals surface area contributed by atoms with E-state index >= 15 is 0 Å². The minimum Gasteiger partial charge on any atom is -0.321 e. The van der Waals surface area contributed by atoms with Crippen LogP contribution in [-0.2, 0) is 0 Å². The molecule has 0 radical (unpaired) electrons. The second kappa shape index (κ2) is 8.91. The summed E-state index contributed by atoms with van der Waals surface area (Å²) in [7, 11) is 0. The van der Waals surface area contributed by atoms with E-state index in [-0.39, 0.29) is 23.0 Å². The van der Waals surface area contributed by atoms with Gasteiger partial charge in [-0.3, -0.25) is 19.2 Å². The number of benzene rings is 2. The van der Waals surface area contributed by atoms with E-state index in [1.54, 1.807) is 54.6 Å². The normalized spacial score (nSPS) is 10.2. The van der Waals surface area contributed by atoms with E-state index in [1.807, 2.05) is 0 Å². The standard InChI is InChI=1S/C23H19N3O4/c1-14(27)16-6-10-18(11-7-16)24-22(29)20-4-3-5-21(26-20)23(30)25-19-12-8-17(9-13-19)15(2)28/h3-13H,1-2H3,(H,24,29)(H,25,30). The quantitative estimate of drug-likeness (QED) is 0.608. The summed E-state index contributed by atoms with van der Waals surface area (Å²) in [5.41, 5.74) is 2.25. The number of carbonyl (C=O) groups is 4. The van der Waals surface area contributed by atoms with Crippen molar-refractivity contribution >= 4 is 34.8 Å². The number of amides is 2. The third-order valence-electron chi connectivity index (χ3n) is 4.31. The van der Waals surface area contributed by atoms with Gasteiger partial charge in [-0.1, -0.05) is 6.07 Å². The lowest BCUT2D eigenvalue weighted by atomic mass is 10.1. The summed E-state index contributed by atoms with van der Waals surface area (Å²) in [5.74, 6) is -1.09. The van der Waals surface area contributed by atoms with Crippen LogP contribution >= 0.6 is 0 Å². The first-order chi connectivity index (χ1) is 14.3. The van der Waals surface area contributed by atoms with Gasteiger partial charge in [0, 0.05) is 22.5 Å². The van der Waals surface area contributed by atoms with Crippen molar-refractivity contribution < 1.29 is 19.2 Å². The summed E-state index contributed by atoms with van der Waals surface area (Å²) in [5, 5.41) is 5.36. The van der Waals surface area contributed by atoms with Crippen LogP contribution in [-0.4, -0.2) is 28.4 Å². The number of ketones is 2. The van der Waals surface area contributed by atoms with E-state index in [4.69, 9.17) is 0 Å². The van der Waals surface area contributed by atoms with Crippen molar-refractivity contribution in [2.45, 2.75) is 13.8 Å². The van der Waals surface area contributed by atoms with Crippen molar-refractivity contribution in [2.24, 2.45) is 0 Å². The number of Topliss-reactive ketones (excluding diaryl/α,β-unsaturated/α-hetero) is 2. The van der Waals surface area contributed by atoms with Crippen LogP contribution in [0.3, 0.4) is 0 Å². The van der Waals surface area contributed by atoms with E-state index in [0.717, 1.165) is 0 Å². The fourth-order valence-corrected chi connectivity index (χ4v) is 2.65. The molecule has 0 saturated heterocycles. The molecule has 0 unspecified atom stereocenters. The SMILES string of the molecule is CC(=O)c1ccc(NC(=O)c2cccc(C(=O)Nc3ccc(C(C)=O)cc3)n2)cc1. The number of hydrogen-bond acceptors (Lipinski definition) is 5. The number of nitrogens with zero attached hydrogens (tertiary/aromatic N) is 1. The number of anilines is 2. The molecule has 150 valence electrons. The third kappa shape index (κ3) is 5.02. The minimum atomic E-state index is -0.481. The monoisotopic (exact) mass is 401 g/mol. The zero-order chi connectivity index (χ0) is 21.7. The van der Waals surface area contributed by atoms with Crippen LogP contribution in [0.4, 0.5) is 11.4 Å². The number of carbonyl (C=O) groups excluding carboxylic acids is 4. The second-order valence-electron chi connectivity index (χ2n) is 6.58. The highest BCUT2D eigenvalue weighted by Gasteiger charge is 2.13. The summed E-state index contributed by atoms with van der Waals surface area (Å²) in [6, 6.07) is 17.5. The Labute approximate surface area is 173 Å². The average Bonchev–Trinajstić information content (AvgIpc) is 2.74. The molecule has 0 aliphatic rings. The number of aromatic nitrogens is 1. The highest BCUT2D eigenvalue weighted by Crippen LogP contribution is 2.13. The van der Waals surface area contributed by atoms with Gasteiger partial charge in [0.05, 0.1) is 0 Å². The largest absolute Gasteiger partial charge is 0.321 e. The van der Waals surface area contributed by atoms with Gasteiger partial charge in [-0.25, -0.2) is 4.98 Å². The number of pyridine rings is 1. The lowest BCUT2D eigenvalue weighted by Gasteiger charge is -2.08. The van der Waals surface area contributed by atoms with Crippen LogP contribution in [0, 0.1) is 0 Å². The molecule has 7 heteroatoms. The molecule has 3 aromatic rings. The summed E-state index contributed by atoms with van der Waals surface area (Å²) >= 11 is 0. The fourth-order valence-electron chi connectivity index (χ4n) is 2.65. The summed E-state index contributed by atoms with van der Waals surface area (Å²) < 4.78 is 0. The Balaban J connectivity index is 1.69. The van der Waals surface area contributed by atoms with Gasteiger partial charge in [0.15, 0.2) is 11.6 Å². The molecule has 0 atom stereocenters. The highest BCUT2D eigenvalue weighted by molar-refractivity contribution is 6.06. The Hall–Kier alpha value is -4.13. The molecule has 0 fully saturated rings.